The third-order valence-corrected chi connectivity index (χ3v) is 6.61. The molecule has 0 spiro atoms. The molecule has 0 aromatic rings. The predicted molar refractivity (Wildman–Crippen MR) is 119 cm³/mol. The number of unbranched alkanes of at least 4 members (excludes halogenated alkanes) is 14. The van der Waals surface area contributed by atoms with Crippen LogP contribution in [-0.2, 0) is 0 Å². The maximum Gasteiger partial charge on any atom is -0.00773 e. The van der Waals surface area contributed by atoms with Gasteiger partial charge in [-0.3, -0.25) is 0 Å². The molecule has 1 fully saturated rings. The Morgan fingerprint density at radius 2 is 1.00 bits per heavy atom. The van der Waals surface area contributed by atoms with E-state index in [-0.39, 0.29) is 0 Å². The summed E-state index contributed by atoms with van der Waals surface area (Å²) in [6.45, 7) is 3.35. The van der Waals surface area contributed by atoms with Crippen molar-refractivity contribution in [2.45, 2.75) is 142 Å². The molecule has 0 amide bonds. The summed E-state index contributed by atoms with van der Waals surface area (Å²) in [5, 5.41) is 0. The van der Waals surface area contributed by atoms with Gasteiger partial charge in [-0.2, -0.15) is 0 Å². The quantitative estimate of drug-likeness (QED) is 0.203. The Balaban J connectivity index is 1.73. The van der Waals surface area contributed by atoms with Crippen LogP contribution in [0.15, 0.2) is 0 Å². The molecule has 1 nitrogen and oxygen atoms in total. The largest absolute Gasteiger partial charge is 0.330 e. The molecule has 2 atom stereocenters. The van der Waals surface area contributed by atoms with Gasteiger partial charge in [-0.1, -0.05) is 129 Å². The summed E-state index contributed by atoms with van der Waals surface area (Å²) in [5.74, 6) is 2.06. The Morgan fingerprint density at radius 3 is 1.50 bits per heavy atom. The van der Waals surface area contributed by atoms with E-state index in [0.29, 0.717) is 0 Å². The van der Waals surface area contributed by atoms with Crippen molar-refractivity contribution in [2.75, 3.05) is 6.54 Å². The highest BCUT2D eigenvalue weighted by Gasteiger charge is 2.16. The van der Waals surface area contributed by atoms with E-state index in [1.54, 1.807) is 0 Å². The van der Waals surface area contributed by atoms with Crippen molar-refractivity contribution in [1.82, 2.24) is 0 Å². The zero-order valence-corrected chi connectivity index (χ0v) is 18.3. The first-order chi connectivity index (χ1) is 12.8. The third kappa shape index (κ3) is 15.1. The minimum absolute atomic E-state index is 0.875. The van der Waals surface area contributed by atoms with Crippen molar-refractivity contribution in [3.8, 4) is 0 Å². The van der Waals surface area contributed by atoms with Crippen LogP contribution >= 0.6 is 0 Å². The molecule has 0 heterocycles. The van der Waals surface area contributed by atoms with Gasteiger partial charge < -0.3 is 5.73 Å². The molecule has 26 heavy (non-hydrogen) atoms. The van der Waals surface area contributed by atoms with Crippen molar-refractivity contribution >= 4 is 0 Å². The standard InChI is InChI=1S/C25H51N/c1-24-19-16-17-21-25(23-24)20-15-13-11-9-7-5-3-2-4-6-8-10-12-14-18-22-26/h24-25H,2-23,26H2,1H3/t24-,25?/m0/s1. The second-order valence-electron chi connectivity index (χ2n) is 9.37. The van der Waals surface area contributed by atoms with E-state index in [2.05, 4.69) is 6.92 Å². The van der Waals surface area contributed by atoms with E-state index in [1.807, 2.05) is 0 Å². The van der Waals surface area contributed by atoms with E-state index < -0.39 is 0 Å². The lowest BCUT2D eigenvalue weighted by Gasteiger charge is -2.16. The summed E-state index contributed by atoms with van der Waals surface area (Å²) < 4.78 is 0. The van der Waals surface area contributed by atoms with E-state index in [0.717, 1.165) is 18.4 Å². The highest BCUT2D eigenvalue weighted by Crippen LogP contribution is 2.30. The number of rotatable bonds is 17. The van der Waals surface area contributed by atoms with Gasteiger partial charge in [0.15, 0.2) is 0 Å². The second-order valence-corrected chi connectivity index (χ2v) is 9.37. The molecule has 1 heteroatoms. The van der Waals surface area contributed by atoms with Crippen LogP contribution in [-0.4, -0.2) is 6.54 Å². The number of hydrogen-bond acceptors (Lipinski definition) is 1. The molecule has 1 rings (SSSR count). The fraction of sp³-hybridized carbons (Fsp3) is 1.00. The van der Waals surface area contributed by atoms with Gasteiger partial charge in [-0.05, 0) is 31.2 Å². The third-order valence-electron chi connectivity index (χ3n) is 6.61. The molecular weight excluding hydrogens is 314 g/mol. The molecular formula is C25H51N. The Morgan fingerprint density at radius 1 is 0.577 bits per heavy atom. The van der Waals surface area contributed by atoms with Crippen LogP contribution in [0.4, 0.5) is 0 Å². The number of nitrogens with two attached hydrogens (primary N) is 1. The van der Waals surface area contributed by atoms with Crippen molar-refractivity contribution in [3.63, 3.8) is 0 Å². The summed E-state index contributed by atoms with van der Waals surface area (Å²) in [6, 6.07) is 0. The van der Waals surface area contributed by atoms with Gasteiger partial charge in [0, 0.05) is 0 Å². The monoisotopic (exact) mass is 365 g/mol. The van der Waals surface area contributed by atoms with Gasteiger partial charge in [0.2, 0.25) is 0 Å². The maximum absolute atomic E-state index is 5.52. The molecule has 1 aliphatic rings. The first kappa shape index (κ1) is 24.0. The van der Waals surface area contributed by atoms with Crippen LogP contribution in [0.2, 0.25) is 0 Å². The van der Waals surface area contributed by atoms with Crippen molar-refractivity contribution in [3.05, 3.63) is 0 Å². The molecule has 0 radical (unpaired) electrons. The van der Waals surface area contributed by atoms with Crippen LogP contribution in [0, 0.1) is 11.8 Å². The van der Waals surface area contributed by atoms with Gasteiger partial charge >= 0.3 is 0 Å². The fourth-order valence-corrected chi connectivity index (χ4v) is 4.87. The highest BCUT2D eigenvalue weighted by atomic mass is 14.5. The summed E-state index contributed by atoms with van der Waals surface area (Å²) in [4.78, 5) is 0. The molecule has 156 valence electrons. The van der Waals surface area contributed by atoms with Gasteiger partial charge in [-0.25, -0.2) is 0 Å². The topological polar surface area (TPSA) is 26.0 Å². The average Bonchev–Trinajstić information content (AvgIpc) is 2.85. The molecule has 0 saturated heterocycles. The van der Waals surface area contributed by atoms with Crippen LogP contribution in [0.3, 0.4) is 0 Å². The van der Waals surface area contributed by atoms with Crippen molar-refractivity contribution in [2.24, 2.45) is 17.6 Å². The zero-order chi connectivity index (χ0) is 18.7. The van der Waals surface area contributed by atoms with E-state index in [4.69, 9.17) is 5.73 Å². The minimum atomic E-state index is 0.875. The summed E-state index contributed by atoms with van der Waals surface area (Å²) in [6.07, 6.45) is 30.7. The van der Waals surface area contributed by atoms with Crippen LogP contribution < -0.4 is 5.73 Å². The molecule has 0 aliphatic heterocycles. The normalized spacial score (nSPS) is 21.0. The van der Waals surface area contributed by atoms with Crippen LogP contribution in [0.25, 0.3) is 0 Å². The van der Waals surface area contributed by atoms with Gasteiger partial charge in [0.1, 0.15) is 0 Å². The second kappa shape index (κ2) is 18.3. The molecule has 1 saturated carbocycles. The van der Waals surface area contributed by atoms with E-state index in [9.17, 15) is 0 Å². The molecule has 0 aromatic carbocycles. The zero-order valence-electron chi connectivity index (χ0n) is 18.3. The molecule has 0 bridgehead atoms. The Labute approximate surface area is 166 Å². The van der Waals surface area contributed by atoms with E-state index >= 15 is 0 Å². The first-order valence-electron chi connectivity index (χ1n) is 12.5. The van der Waals surface area contributed by atoms with Crippen LogP contribution in [0.5, 0.6) is 0 Å². The lowest BCUT2D eigenvalue weighted by Crippen LogP contribution is -2.03. The SMILES string of the molecule is C[C@H]1CCCCC(CCCCCCCCCCCCCCCCCN)C1. The molecule has 0 aromatic heterocycles. The van der Waals surface area contributed by atoms with Crippen molar-refractivity contribution in [1.29, 1.82) is 0 Å². The molecule has 1 aliphatic carbocycles. The molecule has 2 N–H and O–H groups in total. The minimum Gasteiger partial charge on any atom is -0.330 e. The number of hydrogen-bond donors (Lipinski definition) is 1. The fourth-order valence-electron chi connectivity index (χ4n) is 4.87. The van der Waals surface area contributed by atoms with Crippen LogP contribution in [0.1, 0.15) is 142 Å². The van der Waals surface area contributed by atoms with Gasteiger partial charge in [0.05, 0.1) is 0 Å². The Kier molecular flexibility index (Phi) is 16.9. The average molecular weight is 366 g/mol. The highest BCUT2D eigenvalue weighted by molar-refractivity contribution is 4.69. The summed E-state index contributed by atoms with van der Waals surface area (Å²) in [7, 11) is 0. The predicted octanol–water partition coefficient (Wildman–Crippen LogP) is 8.40. The lowest BCUT2D eigenvalue weighted by molar-refractivity contribution is 0.360. The summed E-state index contributed by atoms with van der Waals surface area (Å²) in [5.41, 5.74) is 5.52. The van der Waals surface area contributed by atoms with Gasteiger partial charge in [-0.15, -0.1) is 0 Å². The summed E-state index contributed by atoms with van der Waals surface area (Å²) >= 11 is 0. The smallest absolute Gasteiger partial charge is 0.00773 e. The maximum atomic E-state index is 5.52. The van der Waals surface area contributed by atoms with E-state index in [1.165, 1.54) is 135 Å². The Hall–Kier alpha value is -0.0400. The lowest BCUT2D eigenvalue weighted by atomic mass is 9.90. The van der Waals surface area contributed by atoms with Gasteiger partial charge in [0.25, 0.3) is 0 Å². The Bertz CT molecular complexity index is 275. The first-order valence-corrected chi connectivity index (χ1v) is 12.5. The van der Waals surface area contributed by atoms with Crippen molar-refractivity contribution < 1.29 is 0 Å². The molecule has 1 unspecified atom stereocenters.